The zero-order valence-electron chi connectivity index (χ0n) is 11.1. The Hall–Kier alpha value is -3.05. The highest BCUT2D eigenvalue weighted by atomic mass is 19.2. The van der Waals surface area contributed by atoms with E-state index in [1.165, 1.54) is 7.05 Å². The first-order chi connectivity index (χ1) is 10.8. The summed E-state index contributed by atoms with van der Waals surface area (Å²) >= 11 is 0. The predicted molar refractivity (Wildman–Crippen MR) is 67.8 cm³/mol. The van der Waals surface area contributed by atoms with Crippen molar-refractivity contribution < 1.29 is 27.0 Å². The Kier molecular flexibility index (Phi) is 4.24. The van der Waals surface area contributed by atoms with Gasteiger partial charge in [0.15, 0.2) is 23.3 Å². The van der Waals surface area contributed by atoms with Crippen molar-refractivity contribution in [2.24, 2.45) is 0 Å². The fourth-order valence-corrected chi connectivity index (χ4v) is 1.59. The number of nitro groups is 1. The number of anilines is 3. The Morgan fingerprint density at radius 3 is 2.43 bits per heavy atom. The minimum atomic E-state index is -2.22. The summed E-state index contributed by atoms with van der Waals surface area (Å²) in [4.78, 5) is 16.5. The molecule has 0 bridgehead atoms. The van der Waals surface area contributed by atoms with Crippen molar-refractivity contribution in [1.82, 2.24) is 9.97 Å². The first-order valence-corrected chi connectivity index (χ1v) is 5.76. The zero-order valence-corrected chi connectivity index (χ0v) is 11.1. The van der Waals surface area contributed by atoms with Crippen LogP contribution in [0.25, 0.3) is 0 Å². The molecule has 0 radical (unpaired) electrons. The summed E-state index contributed by atoms with van der Waals surface area (Å²) in [5.74, 6) is -9.56. The van der Waals surface area contributed by atoms with E-state index in [1.54, 1.807) is 0 Å². The smallest absolute Gasteiger partial charge is 0.329 e. The quantitative estimate of drug-likeness (QED) is 0.231. The lowest BCUT2D eigenvalue weighted by molar-refractivity contribution is -0.384. The molecule has 1 aromatic carbocycles. The number of halogens is 5. The highest BCUT2D eigenvalue weighted by Crippen LogP contribution is 2.32. The molecule has 0 aliphatic carbocycles. The molecule has 2 rings (SSSR count). The van der Waals surface area contributed by atoms with Crippen molar-refractivity contribution in [3.05, 3.63) is 45.6 Å². The van der Waals surface area contributed by atoms with Gasteiger partial charge in [-0.25, -0.2) is 22.5 Å². The highest BCUT2D eigenvalue weighted by Gasteiger charge is 2.26. The first-order valence-electron chi connectivity index (χ1n) is 5.76. The third-order valence-corrected chi connectivity index (χ3v) is 2.66. The van der Waals surface area contributed by atoms with E-state index in [4.69, 9.17) is 0 Å². The number of nitrogens with zero attached hydrogens (tertiary/aromatic N) is 4. The Morgan fingerprint density at radius 2 is 1.87 bits per heavy atom. The van der Waals surface area contributed by atoms with Gasteiger partial charge < -0.3 is 5.32 Å². The molecule has 0 amide bonds. The van der Waals surface area contributed by atoms with Crippen LogP contribution in [0, 0.1) is 33.4 Å². The van der Waals surface area contributed by atoms with Gasteiger partial charge in [0.2, 0.25) is 5.82 Å². The Balaban J connectivity index is 2.53. The topological polar surface area (TPSA) is 84.2 Å². The van der Waals surface area contributed by atoms with Crippen LogP contribution in [-0.2, 0) is 0 Å². The normalized spacial score (nSPS) is 10.5. The van der Waals surface area contributed by atoms with Crippen molar-refractivity contribution in [1.29, 1.82) is 0 Å². The molecule has 23 heavy (non-hydrogen) atoms. The zero-order chi connectivity index (χ0) is 17.3. The van der Waals surface area contributed by atoms with Gasteiger partial charge in [-0.3, -0.25) is 10.1 Å². The fraction of sp³-hybridized carbons (Fsp3) is 0.0909. The summed E-state index contributed by atoms with van der Waals surface area (Å²) in [5.41, 5.74) is -1.95. The maximum absolute atomic E-state index is 14.1. The third-order valence-electron chi connectivity index (χ3n) is 2.66. The molecule has 0 aliphatic rings. The van der Waals surface area contributed by atoms with Gasteiger partial charge >= 0.3 is 5.69 Å². The summed E-state index contributed by atoms with van der Waals surface area (Å²) < 4.78 is 66.7. The Bertz CT molecular complexity index is 788. The summed E-state index contributed by atoms with van der Waals surface area (Å²) in [6.07, 6.45) is 0.606. The van der Waals surface area contributed by atoms with Gasteiger partial charge in [0.05, 0.1) is 4.92 Å². The second kappa shape index (κ2) is 5.98. The second-order valence-electron chi connectivity index (χ2n) is 4.01. The minimum Gasteiger partial charge on any atom is -0.367 e. The molecule has 2 aromatic rings. The Morgan fingerprint density at radius 1 is 1.22 bits per heavy atom. The lowest BCUT2D eigenvalue weighted by Crippen LogP contribution is -2.13. The predicted octanol–water partition coefficient (Wildman–Crippen LogP) is 3.01. The molecular formula is C11H6F5N5O2. The van der Waals surface area contributed by atoms with E-state index in [1.807, 2.05) is 0 Å². The van der Waals surface area contributed by atoms with Crippen LogP contribution in [0.4, 0.5) is 45.2 Å². The number of hydrogen-bond acceptors (Lipinski definition) is 6. The van der Waals surface area contributed by atoms with Gasteiger partial charge in [0.25, 0.3) is 5.95 Å². The summed E-state index contributed by atoms with van der Waals surface area (Å²) in [5, 5.41) is 12.3. The van der Waals surface area contributed by atoms with E-state index in [0.717, 1.165) is 0 Å². The van der Waals surface area contributed by atoms with E-state index >= 15 is 0 Å². The number of rotatable bonds is 4. The molecule has 0 saturated carbocycles. The van der Waals surface area contributed by atoms with Gasteiger partial charge in [0.1, 0.15) is 11.9 Å². The van der Waals surface area contributed by atoms with Crippen LogP contribution < -0.4 is 10.4 Å². The van der Waals surface area contributed by atoms with Crippen LogP contribution in [0.15, 0.2) is 12.3 Å². The second-order valence-corrected chi connectivity index (χ2v) is 4.01. The van der Waals surface area contributed by atoms with Crippen LogP contribution in [0.3, 0.4) is 0 Å². The van der Waals surface area contributed by atoms with E-state index in [9.17, 15) is 32.2 Å². The Labute approximate surface area is 124 Å². The SMILES string of the molecule is CNc1nc(N(F)c2cc(F)c(F)c(F)c2F)ncc1[N+](=O)[O-]. The molecule has 1 aromatic heterocycles. The summed E-state index contributed by atoms with van der Waals surface area (Å²) in [6, 6.07) is 0.0531. The molecule has 0 unspecified atom stereocenters. The molecule has 0 atom stereocenters. The number of hydrogen-bond donors (Lipinski definition) is 1. The number of aromatic nitrogens is 2. The van der Waals surface area contributed by atoms with E-state index in [0.29, 0.717) is 6.20 Å². The van der Waals surface area contributed by atoms with Gasteiger partial charge in [-0.15, -0.1) is 5.12 Å². The van der Waals surface area contributed by atoms with Crippen LogP contribution >= 0.6 is 0 Å². The minimum absolute atomic E-state index is 0.0531. The maximum atomic E-state index is 14.1. The van der Waals surface area contributed by atoms with E-state index in [-0.39, 0.29) is 6.07 Å². The molecule has 0 saturated heterocycles. The lowest BCUT2D eigenvalue weighted by Gasteiger charge is -2.14. The van der Waals surface area contributed by atoms with Crippen molar-refractivity contribution in [2.45, 2.75) is 0 Å². The summed E-state index contributed by atoms with van der Waals surface area (Å²) in [6.45, 7) is 0. The number of benzene rings is 1. The molecule has 0 aliphatic heterocycles. The van der Waals surface area contributed by atoms with Crippen LogP contribution in [-0.4, -0.2) is 21.9 Å². The average molecular weight is 335 g/mol. The maximum Gasteiger partial charge on any atom is 0.329 e. The van der Waals surface area contributed by atoms with Crippen molar-refractivity contribution in [3.63, 3.8) is 0 Å². The molecule has 0 spiro atoms. The van der Waals surface area contributed by atoms with Gasteiger partial charge in [-0.05, 0) is 0 Å². The monoisotopic (exact) mass is 335 g/mol. The fourth-order valence-electron chi connectivity index (χ4n) is 1.59. The molecule has 1 N–H and O–H groups in total. The molecule has 7 nitrogen and oxygen atoms in total. The standard InChI is InChI=1S/C11H6F5N5O2/c1-17-10-6(21(22)23)3-18-11(19-10)20(16)5-2-4(12)7(13)9(15)8(5)14/h2-3H,1H3,(H,17,18,19). The van der Waals surface area contributed by atoms with Crippen LogP contribution in [0.1, 0.15) is 0 Å². The molecule has 12 heteroatoms. The molecule has 1 heterocycles. The first kappa shape index (κ1) is 16.3. The number of nitrogens with one attached hydrogen (secondary N) is 1. The van der Waals surface area contributed by atoms with E-state index < -0.39 is 56.5 Å². The average Bonchev–Trinajstić information content (AvgIpc) is 2.54. The molecule has 0 fully saturated rings. The molecule has 122 valence electrons. The highest BCUT2D eigenvalue weighted by molar-refractivity contribution is 5.61. The van der Waals surface area contributed by atoms with Gasteiger partial charge in [-0.2, -0.15) is 4.98 Å². The summed E-state index contributed by atoms with van der Waals surface area (Å²) in [7, 11) is 1.24. The third kappa shape index (κ3) is 2.82. The van der Waals surface area contributed by atoms with Crippen LogP contribution in [0.2, 0.25) is 0 Å². The van der Waals surface area contributed by atoms with E-state index in [2.05, 4.69) is 15.3 Å². The molecular weight excluding hydrogens is 329 g/mol. The van der Waals surface area contributed by atoms with Gasteiger partial charge in [-0.1, -0.05) is 4.48 Å². The van der Waals surface area contributed by atoms with Crippen molar-refractivity contribution in [3.8, 4) is 0 Å². The van der Waals surface area contributed by atoms with Crippen LogP contribution in [0.5, 0.6) is 0 Å². The van der Waals surface area contributed by atoms with Gasteiger partial charge in [0, 0.05) is 13.1 Å². The lowest BCUT2D eigenvalue weighted by atomic mass is 10.2. The van der Waals surface area contributed by atoms with Crippen molar-refractivity contribution >= 4 is 23.1 Å². The van der Waals surface area contributed by atoms with Crippen molar-refractivity contribution in [2.75, 3.05) is 17.5 Å². The largest absolute Gasteiger partial charge is 0.367 e.